The Labute approximate surface area is 134 Å². The van der Waals surface area contributed by atoms with Crippen molar-refractivity contribution >= 4 is 27.2 Å². The molecule has 0 spiro atoms. The summed E-state index contributed by atoms with van der Waals surface area (Å²) in [5.74, 6) is 0.358. The first-order chi connectivity index (χ1) is 10.8. The lowest BCUT2D eigenvalue weighted by molar-refractivity contribution is -0.384. The Balaban J connectivity index is 2.00. The lowest BCUT2D eigenvalue weighted by atomic mass is 10.2. The molecule has 0 saturated heterocycles. The van der Waals surface area contributed by atoms with Gasteiger partial charge in [0.15, 0.2) is 15.8 Å². The average molecular weight is 341 g/mol. The second-order valence-corrected chi connectivity index (χ2v) is 7.34. The van der Waals surface area contributed by atoms with E-state index in [-0.39, 0.29) is 16.3 Å². The Morgan fingerprint density at radius 3 is 2.74 bits per heavy atom. The zero-order valence-corrected chi connectivity index (χ0v) is 13.5. The van der Waals surface area contributed by atoms with Crippen LogP contribution in [0.3, 0.4) is 0 Å². The molecule has 1 aromatic carbocycles. The number of guanidine groups is 1. The Kier molecular flexibility index (Phi) is 5.04. The van der Waals surface area contributed by atoms with Gasteiger partial charge in [0.2, 0.25) is 0 Å². The molecule has 1 aliphatic carbocycles. The molecule has 0 aromatic heterocycles. The van der Waals surface area contributed by atoms with Gasteiger partial charge in [0.25, 0.3) is 5.69 Å². The van der Waals surface area contributed by atoms with Gasteiger partial charge in [0, 0.05) is 24.9 Å². The normalized spacial score (nSPS) is 15.3. The van der Waals surface area contributed by atoms with Crippen LogP contribution in [0.2, 0.25) is 0 Å². The number of rotatable bonds is 7. The molecule has 0 radical (unpaired) electrons. The van der Waals surface area contributed by atoms with Gasteiger partial charge in [0.05, 0.1) is 16.4 Å². The largest absolute Gasteiger partial charge is 0.378 e. The third kappa shape index (κ3) is 5.09. The van der Waals surface area contributed by atoms with Gasteiger partial charge in [0.1, 0.15) is 5.69 Å². The number of nitro groups is 1. The van der Waals surface area contributed by atoms with E-state index in [0.29, 0.717) is 25.1 Å². The maximum absolute atomic E-state index is 11.5. The summed E-state index contributed by atoms with van der Waals surface area (Å²) >= 11 is 0. The van der Waals surface area contributed by atoms with Gasteiger partial charge in [-0.15, -0.1) is 0 Å². The maximum atomic E-state index is 11.5. The molecule has 126 valence electrons. The van der Waals surface area contributed by atoms with Crippen molar-refractivity contribution in [3.05, 3.63) is 28.3 Å². The van der Waals surface area contributed by atoms with Crippen molar-refractivity contribution in [2.45, 2.75) is 23.8 Å². The number of benzene rings is 1. The van der Waals surface area contributed by atoms with Crippen molar-refractivity contribution < 1.29 is 13.3 Å². The molecule has 0 amide bonds. The number of sulfone groups is 1. The highest BCUT2D eigenvalue weighted by atomic mass is 32.2. The van der Waals surface area contributed by atoms with E-state index in [0.717, 1.165) is 25.2 Å². The van der Waals surface area contributed by atoms with Crippen LogP contribution in [0.15, 0.2) is 28.1 Å². The number of hydrogen-bond donors (Lipinski definition) is 3. The summed E-state index contributed by atoms with van der Waals surface area (Å²) in [6, 6.07) is 4.17. The SMILES string of the molecule is CS(=O)(=O)c1ccc(NCCN=C(N)NC2CC2)c([N+](=O)[O-])c1. The Bertz CT molecular complexity index is 728. The van der Waals surface area contributed by atoms with Gasteiger partial charge in [-0.05, 0) is 25.0 Å². The number of nitrogens with zero attached hydrogens (tertiary/aromatic N) is 2. The van der Waals surface area contributed by atoms with Crippen LogP contribution in [-0.2, 0) is 9.84 Å². The van der Waals surface area contributed by atoms with E-state index in [2.05, 4.69) is 15.6 Å². The molecule has 0 aliphatic heterocycles. The van der Waals surface area contributed by atoms with Crippen molar-refractivity contribution in [3.8, 4) is 0 Å². The van der Waals surface area contributed by atoms with Crippen LogP contribution < -0.4 is 16.4 Å². The van der Waals surface area contributed by atoms with E-state index in [1.165, 1.54) is 12.1 Å². The third-order valence-electron chi connectivity index (χ3n) is 3.23. The quantitative estimate of drug-likeness (QED) is 0.215. The fourth-order valence-electron chi connectivity index (χ4n) is 1.89. The predicted molar refractivity (Wildman–Crippen MR) is 87.3 cm³/mol. The molecule has 1 fully saturated rings. The fraction of sp³-hybridized carbons (Fsp3) is 0.462. The monoisotopic (exact) mass is 341 g/mol. The summed E-state index contributed by atoms with van der Waals surface area (Å²) in [6.45, 7) is 0.683. The number of nitrogens with one attached hydrogen (secondary N) is 2. The van der Waals surface area contributed by atoms with Crippen LogP contribution in [0.1, 0.15) is 12.8 Å². The van der Waals surface area contributed by atoms with Gasteiger partial charge in [-0.3, -0.25) is 15.1 Å². The first-order valence-corrected chi connectivity index (χ1v) is 8.95. The Morgan fingerprint density at radius 1 is 1.48 bits per heavy atom. The van der Waals surface area contributed by atoms with Crippen LogP contribution in [0, 0.1) is 10.1 Å². The van der Waals surface area contributed by atoms with E-state index in [9.17, 15) is 18.5 Å². The molecule has 1 aromatic rings. The van der Waals surface area contributed by atoms with E-state index in [1.807, 2.05) is 0 Å². The second-order valence-electron chi connectivity index (χ2n) is 5.32. The summed E-state index contributed by atoms with van der Waals surface area (Å²) in [5.41, 5.74) is 5.63. The molecule has 10 heteroatoms. The average Bonchev–Trinajstić information content (AvgIpc) is 3.26. The highest BCUT2D eigenvalue weighted by Crippen LogP contribution is 2.27. The molecule has 0 heterocycles. The number of aliphatic imine (C=N–C) groups is 1. The van der Waals surface area contributed by atoms with E-state index >= 15 is 0 Å². The number of nitrogens with two attached hydrogens (primary N) is 1. The van der Waals surface area contributed by atoms with Crippen LogP contribution in [0.4, 0.5) is 11.4 Å². The molecule has 0 unspecified atom stereocenters. The second kappa shape index (κ2) is 6.82. The number of hydrogen-bond acceptors (Lipinski definition) is 6. The van der Waals surface area contributed by atoms with Crippen LogP contribution in [-0.4, -0.2) is 44.7 Å². The molecule has 0 atom stereocenters. The summed E-state index contributed by atoms with van der Waals surface area (Å²) in [5, 5.41) is 17.0. The molecule has 9 nitrogen and oxygen atoms in total. The molecule has 4 N–H and O–H groups in total. The Hall–Kier alpha value is -2.36. The van der Waals surface area contributed by atoms with Crippen molar-refractivity contribution in [1.29, 1.82) is 0 Å². The number of anilines is 1. The minimum atomic E-state index is -3.50. The summed E-state index contributed by atoms with van der Waals surface area (Å²) < 4.78 is 22.9. The van der Waals surface area contributed by atoms with E-state index in [1.54, 1.807) is 0 Å². The smallest absolute Gasteiger partial charge is 0.293 e. The molecule has 1 saturated carbocycles. The molecule has 1 aliphatic rings. The minimum absolute atomic E-state index is 0.0920. The lowest BCUT2D eigenvalue weighted by Gasteiger charge is -2.08. The van der Waals surface area contributed by atoms with Crippen LogP contribution >= 0.6 is 0 Å². The maximum Gasteiger partial charge on any atom is 0.293 e. The minimum Gasteiger partial charge on any atom is -0.378 e. The lowest BCUT2D eigenvalue weighted by Crippen LogP contribution is -2.33. The van der Waals surface area contributed by atoms with E-state index < -0.39 is 14.8 Å². The molecular formula is C13H19N5O4S. The van der Waals surface area contributed by atoms with Gasteiger partial charge in [-0.1, -0.05) is 0 Å². The molecular weight excluding hydrogens is 322 g/mol. The predicted octanol–water partition coefficient (Wildman–Crippen LogP) is 0.477. The molecule has 0 bridgehead atoms. The van der Waals surface area contributed by atoms with Crippen molar-refractivity contribution in [2.75, 3.05) is 24.7 Å². The topological polar surface area (TPSA) is 140 Å². The van der Waals surface area contributed by atoms with E-state index in [4.69, 9.17) is 5.73 Å². The number of nitro benzene ring substituents is 1. The van der Waals surface area contributed by atoms with Crippen molar-refractivity contribution in [2.24, 2.45) is 10.7 Å². The molecule has 2 rings (SSSR count). The Morgan fingerprint density at radius 2 is 2.17 bits per heavy atom. The van der Waals surface area contributed by atoms with Gasteiger partial charge in [-0.25, -0.2) is 8.42 Å². The zero-order valence-electron chi connectivity index (χ0n) is 12.7. The highest BCUT2D eigenvalue weighted by molar-refractivity contribution is 7.90. The summed E-state index contributed by atoms with van der Waals surface area (Å²) in [7, 11) is -3.50. The van der Waals surface area contributed by atoms with Crippen LogP contribution in [0.5, 0.6) is 0 Å². The first kappa shape index (κ1) is 17.0. The molecule has 23 heavy (non-hydrogen) atoms. The van der Waals surface area contributed by atoms with Crippen LogP contribution in [0.25, 0.3) is 0 Å². The van der Waals surface area contributed by atoms with Crippen molar-refractivity contribution in [1.82, 2.24) is 5.32 Å². The first-order valence-electron chi connectivity index (χ1n) is 7.06. The van der Waals surface area contributed by atoms with Gasteiger partial charge >= 0.3 is 0 Å². The summed E-state index contributed by atoms with van der Waals surface area (Å²) in [6.07, 6.45) is 3.18. The van der Waals surface area contributed by atoms with Crippen molar-refractivity contribution in [3.63, 3.8) is 0 Å². The standard InChI is InChI=1S/C13H19N5O4S/c1-23(21,22)10-4-5-11(12(8-10)18(19)20)15-6-7-16-13(14)17-9-2-3-9/h4-5,8-9,15H,2-3,6-7H2,1H3,(H3,14,16,17). The summed E-state index contributed by atoms with van der Waals surface area (Å²) in [4.78, 5) is 14.5. The third-order valence-corrected chi connectivity index (χ3v) is 4.34. The zero-order chi connectivity index (χ0) is 17.0. The van der Waals surface area contributed by atoms with Gasteiger partial charge < -0.3 is 16.4 Å². The fourth-order valence-corrected chi connectivity index (χ4v) is 2.53. The highest BCUT2D eigenvalue weighted by Gasteiger charge is 2.21. The van der Waals surface area contributed by atoms with Gasteiger partial charge in [-0.2, -0.15) is 0 Å².